The molecule has 0 aliphatic heterocycles. The van der Waals surface area contributed by atoms with E-state index >= 15 is 0 Å². The van der Waals surface area contributed by atoms with Gasteiger partial charge in [-0.15, -0.1) is 13.2 Å². The van der Waals surface area contributed by atoms with Gasteiger partial charge in [-0.25, -0.2) is 4.39 Å². The molecule has 3 rings (SSSR count). The molecule has 3 heteroatoms. The van der Waals surface area contributed by atoms with Crippen molar-refractivity contribution in [3.8, 4) is 0 Å². The molecule has 0 bridgehead atoms. The monoisotopic (exact) mass is 470 g/mol. The molecule has 2 nitrogen and oxygen atoms in total. The maximum Gasteiger partial charge on any atom is 0.126 e. The first-order chi connectivity index (χ1) is 16.8. The van der Waals surface area contributed by atoms with Gasteiger partial charge >= 0.3 is 0 Å². The Morgan fingerprint density at radius 2 is 1.43 bits per heavy atom. The number of hydrogen-bond acceptors (Lipinski definition) is 2. The van der Waals surface area contributed by atoms with E-state index in [4.69, 9.17) is 0 Å². The van der Waals surface area contributed by atoms with Crippen LogP contribution in [0, 0.1) is 26.6 Å². The van der Waals surface area contributed by atoms with Crippen LogP contribution < -0.4 is 11.7 Å². The van der Waals surface area contributed by atoms with Gasteiger partial charge in [-0.2, -0.15) is 0 Å². The number of allylic oxidation sites excluding steroid dienone is 3. The van der Waals surface area contributed by atoms with Crippen molar-refractivity contribution in [1.82, 2.24) is 0 Å². The van der Waals surface area contributed by atoms with Gasteiger partial charge in [0, 0.05) is 0 Å². The Morgan fingerprint density at radius 1 is 0.800 bits per heavy atom. The Bertz CT molecular complexity index is 1170. The second-order valence-corrected chi connectivity index (χ2v) is 8.38. The number of aryl methyl sites for hydroxylation is 4. The lowest BCUT2D eigenvalue weighted by molar-refractivity contribution is 0.608. The van der Waals surface area contributed by atoms with Crippen LogP contribution in [-0.2, 0) is 12.8 Å². The van der Waals surface area contributed by atoms with Crippen molar-refractivity contribution >= 4 is 11.1 Å². The van der Waals surface area contributed by atoms with E-state index in [2.05, 4.69) is 101 Å². The number of halogens is 1. The van der Waals surface area contributed by atoms with Crippen LogP contribution in [0.25, 0.3) is 11.1 Å². The number of benzene rings is 3. The van der Waals surface area contributed by atoms with Crippen molar-refractivity contribution in [1.29, 1.82) is 0 Å². The van der Waals surface area contributed by atoms with E-state index in [9.17, 15) is 4.39 Å². The molecular weight excluding hydrogens is 431 g/mol. The molecule has 0 aliphatic carbocycles. The van der Waals surface area contributed by atoms with Crippen LogP contribution in [0.2, 0.25) is 0 Å². The van der Waals surface area contributed by atoms with Crippen molar-refractivity contribution in [3.05, 3.63) is 144 Å². The zero-order chi connectivity index (χ0) is 26.5. The van der Waals surface area contributed by atoms with E-state index in [0.29, 0.717) is 18.4 Å². The first-order valence-corrected chi connectivity index (χ1v) is 11.6. The second-order valence-electron chi connectivity index (χ2n) is 8.38. The fraction of sp³-hybridized carbons (Fsp3) is 0.188. The summed E-state index contributed by atoms with van der Waals surface area (Å²) in [6, 6.07) is 20.1. The fourth-order valence-corrected chi connectivity index (χ4v) is 3.96. The Balaban J connectivity index is 0.00000145. The van der Waals surface area contributed by atoms with Gasteiger partial charge < -0.3 is 0 Å². The number of hydrazine groups is 1. The molecule has 0 spiro atoms. The van der Waals surface area contributed by atoms with Gasteiger partial charge in [0.25, 0.3) is 0 Å². The number of rotatable bonds is 8. The van der Waals surface area contributed by atoms with E-state index < -0.39 is 0 Å². The first kappa shape index (κ1) is 29.5. The zero-order valence-corrected chi connectivity index (χ0v) is 21.5. The van der Waals surface area contributed by atoms with Crippen molar-refractivity contribution in [3.63, 3.8) is 0 Å². The quantitative estimate of drug-likeness (QED) is 0.152. The van der Waals surface area contributed by atoms with Gasteiger partial charge in [-0.3, -0.25) is 11.7 Å². The van der Waals surface area contributed by atoms with Crippen molar-refractivity contribution in [2.75, 3.05) is 0 Å². The molecule has 0 saturated heterocycles. The Kier molecular flexibility index (Phi) is 12.4. The molecule has 0 fully saturated rings. The minimum Gasteiger partial charge on any atom is -0.274 e. The van der Waals surface area contributed by atoms with E-state index in [0.717, 1.165) is 45.4 Å². The second kappa shape index (κ2) is 14.7. The van der Waals surface area contributed by atoms with Crippen LogP contribution in [0.3, 0.4) is 0 Å². The van der Waals surface area contributed by atoms with Gasteiger partial charge in [0.15, 0.2) is 0 Å². The summed E-state index contributed by atoms with van der Waals surface area (Å²) in [4.78, 5) is 0. The third kappa shape index (κ3) is 8.03. The zero-order valence-electron chi connectivity index (χ0n) is 21.5. The summed E-state index contributed by atoms with van der Waals surface area (Å²) < 4.78 is 14.2. The lowest BCUT2D eigenvalue weighted by Gasteiger charge is -2.19. The van der Waals surface area contributed by atoms with Gasteiger partial charge in [0.2, 0.25) is 0 Å². The van der Waals surface area contributed by atoms with Crippen LogP contribution in [0.5, 0.6) is 0 Å². The Hall–Kier alpha value is -3.53. The van der Waals surface area contributed by atoms with Crippen LogP contribution in [0.4, 0.5) is 4.39 Å². The molecule has 0 heterocycles. The minimum absolute atomic E-state index is 0.151. The van der Waals surface area contributed by atoms with Gasteiger partial charge in [-0.05, 0) is 102 Å². The average molecular weight is 471 g/mol. The number of hydrogen-bond donors (Lipinski definition) is 2. The smallest absolute Gasteiger partial charge is 0.126 e. The largest absolute Gasteiger partial charge is 0.274 e. The summed E-state index contributed by atoms with van der Waals surface area (Å²) in [5.74, 6) is 7.85. The third-order valence-corrected chi connectivity index (χ3v) is 5.95. The lowest BCUT2D eigenvalue weighted by Crippen LogP contribution is -2.02. The van der Waals surface area contributed by atoms with E-state index in [1.165, 1.54) is 11.1 Å². The van der Waals surface area contributed by atoms with Gasteiger partial charge in [0.05, 0.1) is 0 Å². The fourth-order valence-electron chi connectivity index (χ4n) is 3.96. The van der Waals surface area contributed by atoms with E-state index in [1.54, 1.807) is 6.07 Å². The van der Waals surface area contributed by atoms with Crippen LogP contribution in [0.1, 0.15) is 45.4 Å². The van der Waals surface area contributed by atoms with Gasteiger partial charge in [-0.1, -0.05) is 74.3 Å². The summed E-state index contributed by atoms with van der Waals surface area (Å²) in [5, 5.41) is 0. The van der Waals surface area contributed by atoms with Crippen LogP contribution in [0.15, 0.2) is 99.1 Å². The summed E-state index contributed by atoms with van der Waals surface area (Å²) in [6.07, 6.45) is 2.06. The minimum atomic E-state index is -0.151. The molecule has 35 heavy (non-hydrogen) atoms. The molecule has 4 N–H and O–H groups in total. The highest BCUT2D eigenvalue weighted by molar-refractivity contribution is 5.86. The normalized spacial score (nSPS) is 9.77. The van der Waals surface area contributed by atoms with Crippen LogP contribution in [-0.4, -0.2) is 0 Å². The summed E-state index contributed by atoms with van der Waals surface area (Å²) in [6.45, 7) is 25.2. The predicted octanol–water partition coefficient (Wildman–Crippen LogP) is 7.83. The van der Waals surface area contributed by atoms with Crippen molar-refractivity contribution in [2.45, 2.75) is 40.0 Å². The maximum atomic E-state index is 14.2. The summed E-state index contributed by atoms with van der Waals surface area (Å²) in [7, 11) is 0. The lowest BCUT2D eigenvalue weighted by atomic mass is 9.85. The topological polar surface area (TPSA) is 52.0 Å². The van der Waals surface area contributed by atoms with Crippen LogP contribution >= 0.6 is 0 Å². The molecule has 0 amide bonds. The molecular formula is C32H39FN2. The van der Waals surface area contributed by atoms with Crippen molar-refractivity contribution < 1.29 is 4.39 Å². The predicted molar refractivity (Wildman–Crippen MR) is 152 cm³/mol. The molecule has 0 aliphatic rings. The average Bonchev–Trinajstić information content (AvgIpc) is 2.86. The molecule has 3 aromatic rings. The highest BCUT2D eigenvalue weighted by Gasteiger charge is 2.15. The molecule has 184 valence electrons. The molecule has 0 unspecified atom stereocenters. The third-order valence-electron chi connectivity index (χ3n) is 5.95. The molecule has 0 aromatic heterocycles. The SMILES string of the molecule is C=C.C=C(CCc1ccc(C)cc1F)C(=C)c1c(C)cccc1C(=C)Cc1ccccc1C.NN. The summed E-state index contributed by atoms with van der Waals surface area (Å²) >= 11 is 0. The first-order valence-electron chi connectivity index (χ1n) is 11.6. The van der Waals surface area contributed by atoms with E-state index in [-0.39, 0.29) is 5.82 Å². The molecule has 0 atom stereocenters. The Morgan fingerprint density at radius 3 is 2.06 bits per heavy atom. The van der Waals surface area contributed by atoms with E-state index in [1.807, 2.05) is 19.1 Å². The highest BCUT2D eigenvalue weighted by Crippen LogP contribution is 2.34. The molecule has 0 saturated carbocycles. The standard InChI is InChI=1S/C30H31F.C2H4.H4N2/c1-20-14-16-26(29(31)18-20)17-15-21(2)25(6)30-23(4)11-9-13-28(30)24(5)19-27-12-8-7-10-22(27)3;2*1-2/h7-14,16,18H,2,5-6,15,17,19H2,1,3-4H3;2*1-2H2. The molecule has 3 aromatic carbocycles. The number of nitrogens with two attached hydrogens (primary N) is 2. The Labute approximate surface area is 211 Å². The van der Waals surface area contributed by atoms with Crippen molar-refractivity contribution in [2.24, 2.45) is 11.7 Å². The summed E-state index contributed by atoms with van der Waals surface area (Å²) in [5.41, 5.74) is 10.4. The highest BCUT2D eigenvalue weighted by atomic mass is 19.1. The maximum absolute atomic E-state index is 14.2. The molecule has 0 radical (unpaired) electrons. The van der Waals surface area contributed by atoms with Gasteiger partial charge in [0.1, 0.15) is 5.82 Å².